The Bertz CT molecular complexity index is 3100. The minimum Gasteiger partial charge on any atom is -0.314 e. The lowest BCUT2D eigenvalue weighted by Gasteiger charge is -2.55. The highest BCUT2D eigenvalue weighted by Gasteiger charge is 2.52. The number of benzene rings is 4. The molecule has 0 amide bonds. The van der Waals surface area contributed by atoms with E-state index in [1.54, 1.807) is 0 Å². The van der Waals surface area contributed by atoms with Crippen molar-refractivity contribution in [2.24, 2.45) is 5.92 Å². The molecule has 3 aliphatic heterocycles. The van der Waals surface area contributed by atoms with Crippen LogP contribution in [0.3, 0.4) is 0 Å². The maximum absolute atomic E-state index is 3.66. The van der Waals surface area contributed by atoms with E-state index in [1.165, 1.54) is 101 Å². The topological polar surface area (TPSA) is 9.72 Å². The Morgan fingerprint density at radius 2 is 1.18 bits per heavy atom. The molecule has 0 aromatic heterocycles. The monoisotopic (exact) mass is 843 g/mol. The largest absolute Gasteiger partial charge is 0.314 e. The summed E-state index contributed by atoms with van der Waals surface area (Å²) < 4.78 is 0. The highest BCUT2D eigenvalue weighted by atomic mass is 15.2. The van der Waals surface area contributed by atoms with Crippen molar-refractivity contribution in [3.8, 4) is 11.8 Å². The average Bonchev–Trinajstić information content (AvgIpc) is 3.68. The van der Waals surface area contributed by atoms with E-state index < -0.39 is 0 Å². The van der Waals surface area contributed by atoms with E-state index in [-0.39, 0.29) is 22.2 Å². The molecule has 8 aliphatic rings. The van der Waals surface area contributed by atoms with Crippen molar-refractivity contribution < 1.29 is 0 Å². The first-order valence-corrected chi connectivity index (χ1v) is 23.9. The Morgan fingerprint density at radius 1 is 0.569 bits per heavy atom. The normalized spacial score (nSPS) is 21.5. The molecule has 0 fully saturated rings. The van der Waals surface area contributed by atoms with Gasteiger partial charge in [-0.25, -0.2) is 0 Å². The first-order chi connectivity index (χ1) is 31.5. The fourth-order valence-corrected chi connectivity index (χ4v) is 12.0. The van der Waals surface area contributed by atoms with E-state index in [0.717, 1.165) is 38.5 Å². The molecule has 0 spiro atoms. The van der Waals surface area contributed by atoms with Gasteiger partial charge in [-0.2, -0.15) is 0 Å². The highest BCUT2D eigenvalue weighted by molar-refractivity contribution is 6.00. The van der Waals surface area contributed by atoms with Crippen molar-refractivity contribution >= 4 is 34.0 Å². The van der Waals surface area contributed by atoms with Crippen molar-refractivity contribution in [2.45, 2.75) is 96.3 Å². The molecule has 0 saturated carbocycles. The van der Waals surface area contributed by atoms with Crippen LogP contribution in [0.25, 0.3) is 5.57 Å². The maximum Gasteiger partial charge on any atom is 0.0801 e. The second-order valence-corrected chi connectivity index (χ2v) is 20.5. The van der Waals surface area contributed by atoms with Crippen LogP contribution in [0.1, 0.15) is 119 Å². The average molecular weight is 844 g/mol. The number of fused-ring (bicyclic) bond motifs is 1. The number of hydrogen-bond donors (Lipinski definition) is 0. The molecule has 0 saturated heterocycles. The van der Waals surface area contributed by atoms with Crippen LogP contribution in [0.4, 0.5) is 28.4 Å². The van der Waals surface area contributed by atoms with Crippen LogP contribution in [-0.2, 0) is 16.2 Å². The van der Waals surface area contributed by atoms with Gasteiger partial charge in [0.2, 0.25) is 0 Å². The van der Waals surface area contributed by atoms with E-state index in [2.05, 4.69) is 226 Å². The summed E-state index contributed by atoms with van der Waals surface area (Å²) >= 11 is 0. The fourth-order valence-electron chi connectivity index (χ4n) is 12.0. The van der Waals surface area contributed by atoms with Gasteiger partial charge in [-0.1, -0.05) is 138 Å². The summed E-state index contributed by atoms with van der Waals surface area (Å²) in [4.78, 5) is 7.71. The Morgan fingerprint density at radius 3 is 1.78 bits per heavy atom. The molecular weight excluding hydrogens is 787 g/mol. The Kier molecular flexibility index (Phi) is 8.96. The van der Waals surface area contributed by atoms with Gasteiger partial charge in [0.1, 0.15) is 0 Å². The quantitative estimate of drug-likeness (QED) is 0.172. The summed E-state index contributed by atoms with van der Waals surface area (Å²) in [5, 5.41) is 0. The van der Waals surface area contributed by atoms with Crippen LogP contribution in [-0.4, -0.2) is 4.90 Å². The van der Waals surface area contributed by atoms with Crippen LogP contribution in [0.5, 0.6) is 0 Å². The second kappa shape index (κ2) is 14.6. The molecule has 4 aromatic rings. The van der Waals surface area contributed by atoms with Crippen LogP contribution in [0.2, 0.25) is 0 Å². The Hall–Kier alpha value is -6.76. The van der Waals surface area contributed by atoms with E-state index >= 15 is 0 Å². The molecule has 3 heteroatoms. The molecule has 320 valence electrons. The van der Waals surface area contributed by atoms with Crippen molar-refractivity contribution in [1.29, 1.82) is 0 Å². The van der Waals surface area contributed by atoms with E-state index in [9.17, 15) is 0 Å². The lowest BCUT2D eigenvalue weighted by molar-refractivity contribution is 0.512. The highest BCUT2D eigenvalue weighted by Crippen LogP contribution is 2.67. The third-order valence-corrected chi connectivity index (χ3v) is 15.5. The smallest absolute Gasteiger partial charge is 0.0801 e. The number of anilines is 5. The van der Waals surface area contributed by atoms with Crippen LogP contribution in [0, 0.1) is 17.8 Å². The van der Waals surface area contributed by atoms with Crippen LogP contribution < -0.4 is 9.80 Å². The predicted molar refractivity (Wildman–Crippen MR) is 272 cm³/mol. The zero-order chi connectivity index (χ0) is 44.2. The summed E-state index contributed by atoms with van der Waals surface area (Å²) in [5.41, 5.74) is 22.6. The van der Waals surface area contributed by atoms with Crippen molar-refractivity contribution in [3.63, 3.8) is 0 Å². The zero-order valence-electron chi connectivity index (χ0n) is 38.7. The number of nitrogens with zero attached hydrogens (tertiary/aromatic N) is 3. The maximum atomic E-state index is 3.66. The predicted octanol–water partition coefficient (Wildman–Crippen LogP) is 15.6. The molecular formula is C62H57N3. The molecule has 5 aliphatic carbocycles. The number of rotatable bonds is 7. The van der Waals surface area contributed by atoms with Gasteiger partial charge in [-0.3, -0.25) is 0 Å². The van der Waals surface area contributed by atoms with Gasteiger partial charge in [0, 0.05) is 50.4 Å². The zero-order valence-corrected chi connectivity index (χ0v) is 38.7. The van der Waals surface area contributed by atoms with Crippen molar-refractivity contribution in [1.82, 2.24) is 4.90 Å². The van der Waals surface area contributed by atoms with Crippen molar-refractivity contribution in [2.75, 3.05) is 9.80 Å². The van der Waals surface area contributed by atoms with Gasteiger partial charge in [-0.05, 0) is 161 Å². The lowest BCUT2D eigenvalue weighted by atomic mass is 9.60. The summed E-state index contributed by atoms with van der Waals surface area (Å²) in [6.45, 7) is 14.8. The summed E-state index contributed by atoms with van der Waals surface area (Å²) in [5.74, 6) is 7.03. The standard InChI is InChI=1S/C62H57N3/c1-60(2)50-32-21-33-51-57(50)65-58-52(60)37-43(49-34-35-56(42-23-20-19-22-41(49)36-42)64(46-28-15-9-16-29-46)47-30-17-10-18-31-47)38-53(58)62(5,6)55-40-48(39-54(59(55)65)61(51,3)4)63(44-24-11-7-12-25-44)45-26-13-8-14-27-45/h7-8,11-13,15,17,19,21-22,24-26,28-40,42H,9-10,14,16,18,27H2,1-6H3. The second-order valence-electron chi connectivity index (χ2n) is 20.5. The molecule has 4 aromatic carbocycles. The van der Waals surface area contributed by atoms with E-state index in [1.807, 2.05) is 0 Å². The van der Waals surface area contributed by atoms with Crippen LogP contribution in [0.15, 0.2) is 186 Å². The summed E-state index contributed by atoms with van der Waals surface area (Å²) in [7, 11) is 0. The molecule has 3 nitrogen and oxygen atoms in total. The number of para-hydroxylation sites is 2. The molecule has 12 rings (SSSR count). The number of hydrogen-bond acceptors (Lipinski definition) is 3. The molecule has 0 N–H and O–H groups in total. The van der Waals surface area contributed by atoms with Gasteiger partial charge in [0.05, 0.1) is 23.0 Å². The fraction of sp³-hybridized carbons (Fsp3) is 0.258. The first-order valence-electron chi connectivity index (χ1n) is 23.9. The van der Waals surface area contributed by atoms with Gasteiger partial charge >= 0.3 is 0 Å². The van der Waals surface area contributed by atoms with Gasteiger partial charge in [0.15, 0.2) is 0 Å². The van der Waals surface area contributed by atoms with Gasteiger partial charge in [-0.15, -0.1) is 0 Å². The minimum atomic E-state index is -0.335. The number of allylic oxidation sites excluding steroid dienone is 17. The molecule has 2 bridgehead atoms. The Labute approximate surface area is 386 Å². The van der Waals surface area contributed by atoms with E-state index in [0.29, 0.717) is 0 Å². The summed E-state index contributed by atoms with van der Waals surface area (Å²) in [6, 6.07) is 28.3. The van der Waals surface area contributed by atoms with Crippen LogP contribution >= 0.6 is 0 Å². The molecule has 65 heavy (non-hydrogen) atoms. The Balaban J connectivity index is 1.10. The van der Waals surface area contributed by atoms with Crippen molar-refractivity contribution in [3.05, 3.63) is 225 Å². The third-order valence-electron chi connectivity index (χ3n) is 15.5. The molecule has 1 unspecified atom stereocenters. The lowest BCUT2D eigenvalue weighted by Crippen LogP contribution is -2.44. The molecule has 0 radical (unpaired) electrons. The minimum absolute atomic E-state index is 0.0712. The SMILES string of the molecule is CC1(C)c2cccc3c2N2c4c1cc(C1=CC=C(N(C5=CCCC=C5)C5=CCCC=C5)C5C#CC=CC1=C5)cc4C(C)(C)c1cc(N(C4=CC=CCC4)c4ccccc4)cc(c12)C3(C)C. The molecule has 1 atom stereocenters. The van der Waals surface area contributed by atoms with E-state index in [4.69, 9.17) is 0 Å². The summed E-state index contributed by atoms with van der Waals surface area (Å²) in [6.07, 6.45) is 38.6. The third kappa shape index (κ3) is 5.96. The first kappa shape index (κ1) is 39.8. The van der Waals surface area contributed by atoms with Gasteiger partial charge in [0.25, 0.3) is 0 Å². The van der Waals surface area contributed by atoms with Gasteiger partial charge < -0.3 is 14.7 Å². The molecule has 3 heterocycles.